The molecule has 9 heteroatoms. The number of amides is 1. The molecule has 1 aliphatic rings. The fourth-order valence-electron chi connectivity index (χ4n) is 4.92. The molecule has 0 saturated carbocycles. The van der Waals surface area contributed by atoms with Gasteiger partial charge in [-0.3, -0.25) is 9.48 Å². The summed E-state index contributed by atoms with van der Waals surface area (Å²) >= 11 is 1.70. The summed E-state index contributed by atoms with van der Waals surface area (Å²) in [5.41, 5.74) is 3.86. The summed E-state index contributed by atoms with van der Waals surface area (Å²) in [6.07, 6.45) is 4.60. The van der Waals surface area contributed by atoms with Gasteiger partial charge in [0, 0.05) is 42.7 Å². The number of rotatable bonds is 5. The zero-order valence-corrected chi connectivity index (χ0v) is 22.3. The van der Waals surface area contributed by atoms with Gasteiger partial charge in [0.25, 0.3) is 5.91 Å². The van der Waals surface area contributed by atoms with E-state index in [0.717, 1.165) is 53.8 Å². The number of carbonyl (C=O) groups excluding carboxylic acids is 1. The van der Waals surface area contributed by atoms with Crippen LogP contribution in [-0.4, -0.2) is 53.7 Å². The van der Waals surface area contributed by atoms with Crippen molar-refractivity contribution in [1.82, 2.24) is 29.6 Å². The number of carbonyl (C=O) groups is 1. The topological polar surface area (TPSA) is 97.0 Å². The molecule has 0 spiro atoms. The van der Waals surface area contributed by atoms with Gasteiger partial charge in [0.2, 0.25) is 0 Å². The Labute approximate surface area is 215 Å². The molecule has 1 N–H and O–H groups in total. The number of aliphatic hydroxyl groups is 1. The molecule has 0 radical (unpaired) electrons. The Kier molecular flexibility index (Phi) is 6.38. The number of thiazole rings is 1. The number of hydrogen-bond donors (Lipinski definition) is 1. The molecule has 4 aromatic rings. The van der Waals surface area contributed by atoms with Crippen molar-refractivity contribution in [1.29, 1.82) is 0 Å². The van der Waals surface area contributed by atoms with Crippen molar-refractivity contribution in [2.45, 2.75) is 52.6 Å². The average molecular weight is 505 g/mol. The molecule has 4 heterocycles. The van der Waals surface area contributed by atoms with E-state index in [2.05, 4.69) is 20.3 Å². The summed E-state index contributed by atoms with van der Waals surface area (Å²) in [6.45, 7) is 8.84. The number of benzene rings is 1. The lowest BCUT2D eigenvalue weighted by molar-refractivity contribution is 0.0683. The van der Waals surface area contributed by atoms with Gasteiger partial charge in [-0.2, -0.15) is 5.10 Å². The average Bonchev–Trinajstić information content (AvgIpc) is 3.40. The van der Waals surface area contributed by atoms with Crippen molar-refractivity contribution in [2.24, 2.45) is 13.0 Å². The Morgan fingerprint density at radius 1 is 1.19 bits per heavy atom. The minimum absolute atomic E-state index is 0.0621. The monoisotopic (exact) mass is 504 g/mol. The molecule has 0 bridgehead atoms. The lowest BCUT2D eigenvalue weighted by Gasteiger charge is -2.32. The molecular formula is C27H32N6O2S. The maximum absolute atomic E-state index is 13.6. The van der Waals surface area contributed by atoms with Gasteiger partial charge in [0.1, 0.15) is 11.3 Å². The molecule has 1 aromatic carbocycles. The minimum atomic E-state index is -1.16. The molecule has 1 amide bonds. The van der Waals surface area contributed by atoms with Crippen LogP contribution in [-0.2, 0) is 19.1 Å². The third kappa shape index (κ3) is 4.77. The molecule has 188 valence electrons. The number of aromatic nitrogens is 5. The molecule has 0 aliphatic carbocycles. The van der Waals surface area contributed by atoms with E-state index in [4.69, 9.17) is 5.10 Å². The first kappa shape index (κ1) is 24.5. The van der Waals surface area contributed by atoms with Crippen LogP contribution < -0.4 is 0 Å². The van der Waals surface area contributed by atoms with Gasteiger partial charge in [-0.25, -0.2) is 15.0 Å². The van der Waals surface area contributed by atoms with Crippen LogP contribution in [0.5, 0.6) is 0 Å². The first-order valence-electron chi connectivity index (χ1n) is 12.3. The summed E-state index contributed by atoms with van der Waals surface area (Å²) in [4.78, 5) is 29.0. The van der Waals surface area contributed by atoms with Crippen molar-refractivity contribution < 1.29 is 9.90 Å². The smallest absolute Gasteiger partial charge is 0.254 e. The third-order valence-electron chi connectivity index (χ3n) is 6.94. The fourth-order valence-corrected chi connectivity index (χ4v) is 5.55. The van der Waals surface area contributed by atoms with Crippen LogP contribution in [0.25, 0.3) is 22.3 Å². The highest BCUT2D eigenvalue weighted by molar-refractivity contribution is 7.09. The van der Waals surface area contributed by atoms with Crippen molar-refractivity contribution in [3.8, 4) is 11.4 Å². The minimum Gasteiger partial charge on any atom is -0.382 e. The van der Waals surface area contributed by atoms with E-state index in [0.29, 0.717) is 28.7 Å². The van der Waals surface area contributed by atoms with E-state index in [1.807, 2.05) is 42.6 Å². The summed E-state index contributed by atoms with van der Waals surface area (Å²) in [7, 11) is 1.89. The lowest BCUT2D eigenvalue weighted by atomic mass is 9.92. The fraction of sp³-hybridized carbons (Fsp3) is 0.444. The van der Waals surface area contributed by atoms with Crippen LogP contribution in [0.1, 0.15) is 59.1 Å². The quantitative estimate of drug-likeness (QED) is 0.432. The van der Waals surface area contributed by atoms with E-state index in [1.54, 1.807) is 37.4 Å². The number of piperidine rings is 1. The molecule has 0 unspecified atom stereocenters. The van der Waals surface area contributed by atoms with Crippen molar-refractivity contribution in [2.75, 3.05) is 13.1 Å². The normalized spacial score (nSPS) is 15.1. The van der Waals surface area contributed by atoms with E-state index in [1.165, 1.54) is 5.69 Å². The number of nitrogens with zero attached hydrogens (tertiary/aromatic N) is 6. The third-order valence-corrected chi connectivity index (χ3v) is 7.76. The Morgan fingerprint density at radius 3 is 2.61 bits per heavy atom. The van der Waals surface area contributed by atoms with Crippen molar-refractivity contribution in [3.05, 3.63) is 57.4 Å². The van der Waals surface area contributed by atoms with Gasteiger partial charge in [-0.15, -0.1) is 11.3 Å². The molecule has 0 atom stereocenters. The van der Waals surface area contributed by atoms with Gasteiger partial charge in [-0.05, 0) is 76.6 Å². The lowest BCUT2D eigenvalue weighted by Crippen LogP contribution is -2.39. The molecule has 1 saturated heterocycles. The van der Waals surface area contributed by atoms with Crippen LogP contribution in [0.3, 0.4) is 0 Å². The van der Waals surface area contributed by atoms with Crippen LogP contribution in [0, 0.1) is 19.8 Å². The predicted molar refractivity (Wildman–Crippen MR) is 141 cm³/mol. The SMILES string of the molecule is Cc1nc(CC2CCN(C(=O)c3cc4c(-c5ccnc(C(C)(C)O)n5)nn(C)c4cc3C)CC2)cs1. The van der Waals surface area contributed by atoms with Crippen molar-refractivity contribution >= 4 is 28.1 Å². The Balaban J connectivity index is 1.40. The summed E-state index contributed by atoms with van der Waals surface area (Å²) in [5, 5.41) is 19.2. The zero-order valence-electron chi connectivity index (χ0n) is 21.4. The molecular weight excluding hydrogens is 472 g/mol. The highest BCUT2D eigenvalue weighted by Gasteiger charge is 2.27. The maximum Gasteiger partial charge on any atom is 0.254 e. The van der Waals surface area contributed by atoms with Crippen LogP contribution in [0.2, 0.25) is 0 Å². The maximum atomic E-state index is 13.6. The summed E-state index contributed by atoms with van der Waals surface area (Å²) < 4.78 is 1.81. The molecule has 3 aromatic heterocycles. The van der Waals surface area contributed by atoms with Crippen molar-refractivity contribution in [3.63, 3.8) is 0 Å². The molecule has 8 nitrogen and oxygen atoms in total. The van der Waals surface area contributed by atoms with E-state index in [9.17, 15) is 9.90 Å². The van der Waals surface area contributed by atoms with Crippen LogP contribution in [0.4, 0.5) is 0 Å². The van der Waals surface area contributed by atoms with Crippen LogP contribution in [0.15, 0.2) is 29.8 Å². The van der Waals surface area contributed by atoms with Gasteiger partial charge in [-0.1, -0.05) is 0 Å². The zero-order chi connectivity index (χ0) is 25.6. The molecule has 36 heavy (non-hydrogen) atoms. The molecule has 1 fully saturated rings. The predicted octanol–water partition coefficient (Wildman–Crippen LogP) is 4.43. The highest BCUT2D eigenvalue weighted by atomic mass is 32.1. The number of likely N-dealkylation sites (tertiary alicyclic amines) is 1. The second-order valence-corrected chi connectivity index (χ2v) is 11.3. The number of aryl methyl sites for hydroxylation is 3. The van der Waals surface area contributed by atoms with Gasteiger partial charge >= 0.3 is 0 Å². The summed E-state index contributed by atoms with van der Waals surface area (Å²) in [5.74, 6) is 0.955. The van der Waals surface area contributed by atoms with E-state index in [-0.39, 0.29) is 5.91 Å². The second kappa shape index (κ2) is 9.37. The number of hydrogen-bond acceptors (Lipinski definition) is 7. The first-order chi connectivity index (χ1) is 17.1. The highest BCUT2D eigenvalue weighted by Crippen LogP contribution is 2.31. The Morgan fingerprint density at radius 2 is 1.94 bits per heavy atom. The van der Waals surface area contributed by atoms with Gasteiger partial charge < -0.3 is 10.0 Å². The largest absolute Gasteiger partial charge is 0.382 e. The van der Waals surface area contributed by atoms with Gasteiger partial charge in [0.05, 0.1) is 21.9 Å². The Hall–Kier alpha value is -3.17. The Bertz CT molecular complexity index is 1430. The van der Waals surface area contributed by atoms with Crippen LogP contribution >= 0.6 is 11.3 Å². The standard InChI is InChI=1S/C27H32N6O2S/c1-16-12-23-21(24(31-32(23)5)22-6-9-28-26(30-22)27(3,4)35)14-20(16)25(34)33-10-7-18(8-11-33)13-19-15-36-17(2)29-19/h6,9,12,14-15,18,35H,7-8,10-11,13H2,1-5H3. The van der Waals surface area contributed by atoms with E-state index < -0.39 is 5.60 Å². The van der Waals surface area contributed by atoms with E-state index >= 15 is 0 Å². The first-order valence-corrected chi connectivity index (χ1v) is 13.2. The van der Waals surface area contributed by atoms with Gasteiger partial charge in [0.15, 0.2) is 5.82 Å². The molecule has 1 aliphatic heterocycles. The second-order valence-electron chi connectivity index (χ2n) is 10.3. The number of fused-ring (bicyclic) bond motifs is 1. The summed E-state index contributed by atoms with van der Waals surface area (Å²) in [6, 6.07) is 5.76. The molecule has 5 rings (SSSR count).